The van der Waals surface area contributed by atoms with Crippen LogP contribution in [0, 0.1) is 10.1 Å². The molecule has 1 aromatic carbocycles. The summed E-state index contributed by atoms with van der Waals surface area (Å²) in [7, 11) is 0. The Hall–Kier alpha value is -3.24. The molecule has 11 heteroatoms. The number of rotatable bonds is 6. The highest BCUT2D eigenvalue weighted by Gasteiger charge is 2.33. The van der Waals surface area contributed by atoms with Gasteiger partial charge in [-0.2, -0.15) is 23.4 Å². The summed E-state index contributed by atoms with van der Waals surface area (Å²) in [5, 5.41) is 17.9. The molecule has 1 N–H and O–H groups in total. The normalized spacial score (nSPS) is 11.7. The number of hydrazone groups is 1. The van der Waals surface area contributed by atoms with E-state index < -0.39 is 29.2 Å². The summed E-state index contributed by atoms with van der Waals surface area (Å²) in [4.78, 5) is 22.1. The summed E-state index contributed by atoms with van der Waals surface area (Å²) in [6.45, 7) is 1.33. The van der Waals surface area contributed by atoms with Gasteiger partial charge in [0.2, 0.25) is 0 Å². The Kier molecular flexibility index (Phi) is 5.70. The molecule has 2 rings (SSSR count). The van der Waals surface area contributed by atoms with E-state index in [9.17, 15) is 28.1 Å². The van der Waals surface area contributed by atoms with Crippen LogP contribution in [0.3, 0.4) is 0 Å². The largest absolute Gasteiger partial charge is 0.435 e. The van der Waals surface area contributed by atoms with Gasteiger partial charge in [-0.3, -0.25) is 19.6 Å². The van der Waals surface area contributed by atoms with Gasteiger partial charge in [0.05, 0.1) is 11.1 Å². The van der Waals surface area contributed by atoms with E-state index in [1.807, 2.05) is 0 Å². The van der Waals surface area contributed by atoms with Crippen LogP contribution >= 0.6 is 0 Å². The third-order valence-corrected chi connectivity index (χ3v) is 3.33. The molecule has 0 unspecified atom stereocenters. The highest BCUT2D eigenvalue weighted by Crippen LogP contribution is 2.27. The molecule has 1 heterocycles. The maximum Gasteiger partial charge on any atom is 0.435 e. The van der Waals surface area contributed by atoms with Crippen molar-refractivity contribution in [1.82, 2.24) is 15.2 Å². The molecule has 0 atom stereocenters. The Morgan fingerprint density at radius 3 is 2.73 bits per heavy atom. The Balaban J connectivity index is 1.98. The van der Waals surface area contributed by atoms with Crippen LogP contribution < -0.4 is 5.43 Å². The zero-order valence-electron chi connectivity index (χ0n) is 13.5. The molecule has 1 amide bonds. The van der Waals surface area contributed by atoms with Crippen molar-refractivity contribution < 1.29 is 22.9 Å². The van der Waals surface area contributed by atoms with E-state index in [-0.39, 0.29) is 5.69 Å². The standard InChI is InChI=1S/C15H14F3N5O3/c1-2-11-4-3-10(7-12(11)23(25)26)8-19-20-14(24)9-22-6-5-13(21-22)15(16,17)18/h3-8H,2,9H2,1H3,(H,20,24). The number of nitro groups is 1. The number of hydrogen-bond acceptors (Lipinski definition) is 5. The number of nitrogens with one attached hydrogen (secondary N) is 1. The van der Waals surface area contributed by atoms with Crippen molar-refractivity contribution in [1.29, 1.82) is 0 Å². The molecule has 26 heavy (non-hydrogen) atoms. The lowest BCUT2D eigenvalue weighted by atomic mass is 10.1. The van der Waals surface area contributed by atoms with Crippen molar-refractivity contribution in [2.75, 3.05) is 0 Å². The van der Waals surface area contributed by atoms with Crippen molar-refractivity contribution in [2.45, 2.75) is 26.1 Å². The first-order chi connectivity index (χ1) is 12.2. The second-order valence-electron chi connectivity index (χ2n) is 5.19. The molecule has 1 aromatic heterocycles. The van der Waals surface area contributed by atoms with E-state index in [4.69, 9.17) is 0 Å². The van der Waals surface area contributed by atoms with Crippen LogP contribution in [-0.4, -0.2) is 26.8 Å². The molecule has 0 aliphatic carbocycles. The van der Waals surface area contributed by atoms with Gasteiger partial charge in [0.25, 0.3) is 11.6 Å². The van der Waals surface area contributed by atoms with Crippen molar-refractivity contribution in [3.05, 3.63) is 57.4 Å². The van der Waals surface area contributed by atoms with E-state index in [1.165, 1.54) is 12.3 Å². The zero-order valence-corrected chi connectivity index (χ0v) is 13.5. The number of hydrogen-bond donors (Lipinski definition) is 1. The molecular weight excluding hydrogens is 355 g/mol. The second kappa shape index (κ2) is 7.76. The van der Waals surface area contributed by atoms with Gasteiger partial charge >= 0.3 is 6.18 Å². The molecule has 138 valence electrons. The van der Waals surface area contributed by atoms with Crippen LogP contribution in [0.1, 0.15) is 23.7 Å². The van der Waals surface area contributed by atoms with Gasteiger partial charge in [0.1, 0.15) is 6.54 Å². The maximum absolute atomic E-state index is 12.4. The van der Waals surface area contributed by atoms with Crippen molar-refractivity contribution in [3.63, 3.8) is 0 Å². The van der Waals surface area contributed by atoms with Crippen molar-refractivity contribution >= 4 is 17.8 Å². The van der Waals surface area contributed by atoms with Crippen LogP contribution in [-0.2, 0) is 23.9 Å². The summed E-state index contributed by atoms with van der Waals surface area (Å²) in [6.07, 6.45) is -1.86. The molecule has 2 aromatic rings. The Bertz CT molecular complexity index is 845. The molecule has 8 nitrogen and oxygen atoms in total. The predicted molar refractivity (Wildman–Crippen MR) is 85.4 cm³/mol. The highest BCUT2D eigenvalue weighted by molar-refractivity contribution is 5.83. The molecule has 0 saturated heterocycles. The minimum atomic E-state index is -4.58. The van der Waals surface area contributed by atoms with E-state index in [2.05, 4.69) is 15.6 Å². The quantitative estimate of drug-likeness (QED) is 0.480. The lowest BCUT2D eigenvalue weighted by Gasteiger charge is -2.03. The van der Waals surface area contributed by atoms with Crippen LogP contribution in [0.15, 0.2) is 35.6 Å². The fourth-order valence-electron chi connectivity index (χ4n) is 2.09. The Labute approximate surface area is 145 Å². The topological polar surface area (TPSA) is 102 Å². The minimum absolute atomic E-state index is 0.0565. The smallest absolute Gasteiger partial charge is 0.271 e. The summed E-state index contributed by atoms with van der Waals surface area (Å²) in [5.74, 6) is -0.697. The van der Waals surface area contributed by atoms with Gasteiger partial charge in [-0.25, -0.2) is 5.43 Å². The first kappa shape index (κ1) is 19.1. The molecule has 0 bridgehead atoms. The fraction of sp³-hybridized carbons (Fsp3) is 0.267. The van der Waals surface area contributed by atoms with Crippen LogP contribution in [0.25, 0.3) is 0 Å². The van der Waals surface area contributed by atoms with Gasteiger partial charge in [-0.1, -0.05) is 19.1 Å². The number of alkyl halides is 3. The van der Waals surface area contributed by atoms with Gasteiger partial charge in [0, 0.05) is 23.4 Å². The predicted octanol–water partition coefficient (Wildman–Crippen LogP) is 2.52. The van der Waals surface area contributed by atoms with E-state index in [0.717, 1.165) is 16.9 Å². The lowest BCUT2D eigenvalue weighted by molar-refractivity contribution is -0.385. The van der Waals surface area contributed by atoms with E-state index >= 15 is 0 Å². The number of halogens is 3. The first-order valence-electron chi connectivity index (χ1n) is 7.40. The van der Waals surface area contributed by atoms with Crippen molar-refractivity contribution in [2.24, 2.45) is 5.10 Å². The summed E-state index contributed by atoms with van der Waals surface area (Å²) >= 11 is 0. The van der Waals surface area contributed by atoms with Crippen molar-refractivity contribution in [3.8, 4) is 0 Å². The summed E-state index contributed by atoms with van der Waals surface area (Å²) < 4.78 is 38.1. The second-order valence-corrected chi connectivity index (χ2v) is 5.19. The Morgan fingerprint density at radius 1 is 1.42 bits per heavy atom. The van der Waals surface area contributed by atoms with Crippen LogP contribution in [0.5, 0.6) is 0 Å². The van der Waals surface area contributed by atoms with Crippen LogP contribution in [0.4, 0.5) is 18.9 Å². The fourth-order valence-corrected chi connectivity index (χ4v) is 2.09. The highest BCUT2D eigenvalue weighted by atomic mass is 19.4. The van der Waals surface area contributed by atoms with Crippen LogP contribution in [0.2, 0.25) is 0 Å². The third kappa shape index (κ3) is 4.88. The number of benzene rings is 1. The zero-order chi connectivity index (χ0) is 19.3. The molecule has 0 saturated carbocycles. The van der Waals surface area contributed by atoms with E-state index in [1.54, 1.807) is 19.1 Å². The summed E-state index contributed by atoms with van der Waals surface area (Å²) in [5.41, 5.74) is 1.93. The number of carbonyl (C=O) groups excluding carboxylic acids is 1. The number of amides is 1. The summed E-state index contributed by atoms with van der Waals surface area (Å²) in [6, 6.07) is 5.26. The average molecular weight is 369 g/mol. The number of nitro benzene ring substituents is 1. The van der Waals surface area contributed by atoms with Gasteiger partial charge in [-0.05, 0) is 12.5 Å². The Morgan fingerprint density at radius 2 is 2.15 bits per heavy atom. The number of carbonyl (C=O) groups is 1. The third-order valence-electron chi connectivity index (χ3n) is 3.33. The van der Waals surface area contributed by atoms with Gasteiger partial charge < -0.3 is 0 Å². The molecule has 0 fully saturated rings. The van der Waals surface area contributed by atoms with Gasteiger partial charge in [-0.15, -0.1) is 0 Å². The number of nitrogens with zero attached hydrogens (tertiary/aromatic N) is 4. The lowest BCUT2D eigenvalue weighted by Crippen LogP contribution is -2.23. The molecular formula is C15H14F3N5O3. The van der Waals surface area contributed by atoms with Gasteiger partial charge in [0.15, 0.2) is 5.69 Å². The minimum Gasteiger partial charge on any atom is -0.271 e. The molecule has 0 aliphatic heterocycles. The van der Waals surface area contributed by atoms with E-state index in [0.29, 0.717) is 17.5 Å². The molecule has 0 spiro atoms. The average Bonchev–Trinajstić information content (AvgIpc) is 3.03. The molecule has 0 radical (unpaired) electrons. The number of aromatic nitrogens is 2. The maximum atomic E-state index is 12.4. The monoisotopic (exact) mass is 369 g/mol. The SMILES string of the molecule is CCc1ccc(C=NNC(=O)Cn2ccc(C(F)(F)F)n2)cc1[N+](=O)[O-]. The first-order valence-corrected chi connectivity index (χ1v) is 7.40. The number of aryl methyl sites for hydroxylation is 1. The molecule has 0 aliphatic rings.